The standard InChI is InChI=1S/C13H23N3S/c1-5-11-10(2)17-12(15-11)13(3,4)16-8-6-14-7-9-16/h14H,5-9H2,1-4H3. The Hall–Kier alpha value is -0.450. The van der Waals surface area contributed by atoms with Crippen LogP contribution in [0.3, 0.4) is 0 Å². The van der Waals surface area contributed by atoms with Gasteiger partial charge in [-0.3, -0.25) is 4.90 Å². The molecule has 1 N–H and O–H groups in total. The second kappa shape index (κ2) is 5.04. The molecule has 17 heavy (non-hydrogen) atoms. The Bertz CT molecular complexity index is 378. The van der Waals surface area contributed by atoms with Gasteiger partial charge in [0, 0.05) is 31.1 Å². The summed E-state index contributed by atoms with van der Waals surface area (Å²) in [5, 5.41) is 4.68. The predicted molar refractivity (Wildman–Crippen MR) is 73.7 cm³/mol. The molecule has 0 amide bonds. The fraction of sp³-hybridized carbons (Fsp3) is 0.769. The first kappa shape index (κ1) is 13.0. The quantitative estimate of drug-likeness (QED) is 0.894. The van der Waals surface area contributed by atoms with Crippen molar-refractivity contribution in [1.82, 2.24) is 15.2 Å². The molecule has 1 aliphatic rings. The van der Waals surface area contributed by atoms with E-state index in [1.807, 2.05) is 11.3 Å². The van der Waals surface area contributed by atoms with Crippen molar-refractivity contribution in [2.75, 3.05) is 26.2 Å². The van der Waals surface area contributed by atoms with Crippen LogP contribution in [0.1, 0.15) is 36.3 Å². The minimum Gasteiger partial charge on any atom is -0.314 e. The van der Waals surface area contributed by atoms with E-state index in [1.165, 1.54) is 15.6 Å². The normalized spacial score (nSPS) is 18.6. The van der Waals surface area contributed by atoms with E-state index >= 15 is 0 Å². The number of nitrogens with one attached hydrogen (secondary N) is 1. The highest BCUT2D eigenvalue weighted by Gasteiger charge is 2.32. The molecular formula is C13H23N3S. The molecule has 2 heterocycles. The van der Waals surface area contributed by atoms with Crippen LogP contribution in [0.15, 0.2) is 0 Å². The molecule has 1 aliphatic heterocycles. The fourth-order valence-corrected chi connectivity index (χ4v) is 3.51. The van der Waals surface area contributed by atoms with Crippen LogP contribution in [0.25, 0.3) is 0 Å². The highest BCUT2D eigenvalue weighted by Crippen LogP contribution is 2.32. The van der Waals surface area contributed by atoms with Crippen LogP contribution in [-0.4, -0.2) is 36.1 Å². The van der Waals surface area contributed by atoms with Crippen molar-refractivity contribution in [1.29, 1.82) is 0 Å². The molecule has 1 aromatic rings. The maximum Gasteiger partial charge on any atom is 0.113 e. The van der Waals surface area contributed by atoms with Gasteiger partial charge in [-0.1, -0.05) is 6.92 Å². The van der Waals surface area contributed by atoms with Crippen LogP contribution in [-0.2, 0) is 12.0 Å². The lowest BCUT2D eigenvalue weighted by atomic mass is 10.0. The first-order valence-electron chi connectivity index (χ1n) is 6.48. The summed E-state index contributed by atoms with van der Waals surface area (Å²) in [4.78, 5) is 8.75. The molecule has 3 nitrogen and oxygen atoms in total. The zero-order valence-electron chi connectivity index (χ0n) is 11.3. The van der Waals surface area contributed by atoms with Crippen LogP contribution in [0.5, 0.6) is 0 Å². The van der Waals surface area contributed by atoms with E-state index in [4.69, 9.17) is 4.98 Å². The van der Waals surface area contributed by atoms with Gasteiger partial charge in [-0.2, -0.15) is 0 Å². The SMILES string of the molecule is CCc1nc(C(C)(C)N2CCNCC2)sc1C. The predicted octanol–water partition coefficient (Wildman–Crippen LogP) is 2.15. The Morgan fingerprint density at radius 1 is 1.35 bits per heavy atom. The van der Waals surface area contributed by atoms with Gasteiger partial charge in [-0.15, -0.1) is 11.3 Å². The van der Waals surface area contributed by atoms with Gasteiger partial charge in [-0.25, -0.2) is 4.98 Å². The Morgan fingerprint density at radius 3 is 2.53 bits per heavy atom. The van der Waals surface area contributed by atoms with Crippen LogP contribution in [0.4, 0.5) is 0 Å². The molecule has 96 valence electrons. The highest BCUT2D eigenvalue weighted by atomic mass is 32.1. The number of aromatic nitrogens is 1. The Balaban J connectivity index is 2.22. The van der Waals surface area contributed by atoms with E-state index in [0.717, 1.165) is 32.6 Å². The van der Waals surface area contributed by atoms with E-state index in [0.29, 0.717) is 0 Å². The van der Waals surface area contributed by atoms with Gasteiger partial charge < -0.3 is 5.32 Å². The smallest absolute Gasteiger partial charge is 0.113 e. The van der Waals surface area contributed by atoms with Crippen LogP contribution < -0.4 is 5.32 Å². The van der Waals surface area contributed by atoms with Crippen molar-refractivity contribution in [2.45, 2.75) is 39.7 Å². The molecule has 2 rings (SSSR count). The summed E-state index contributed by atoms with van der Waals surface area (Å²) < 4.78 is 0. The second-order valence-electron chi connectivity index (χ2n) is 5.17. The number of hydrogen-bond donors (Lipinski definition) is 1. The summed E-state index contributed by atoms with van der Waals surface area (Å²) in [6.07, 6.45) is 1.04. The van der Waals surface area contributed by atoms with E-state index in [-0.39, 0.29) is 5.54 Å². The minimum absolute atomic E-state index is 0.0744. The first-order valence-corrected chi connectivity index (χ1v) is 7.30. The molecule has 0 spiro atoms. The summed E-state index contributed by atoms with van der Waals surface area (Å²) in [5.74, 6) is 0. The number of piperazine rings is 1. The zero-order valence-corrected chi connectivity index (χ0v) is 12.2. The molecule has 0 atom stereocenters. The van der Waals surface area contributed by atoms with Crippen molar-refractivity contribution in [2.24, 2.45) is 0 Å². The summed E-state index contributed by atoms with van der Waals surface area (Å²) in [5.41, 5.74) is 1.35. The lowest BCUT2D eigenvalue weighted by Crippen LogP contribution is -2.51. The molecule has 0 aromatic carbocycles. The molecule has 0 saturated carbocycles. The highest BCUT2D eigenvalue weighted by molar-refractivity contribution is 7.11. The molecule has 0 radical (unpaired) electrons. The van der Waals surface area contributed by atoms with Crippen molar-refractivity contribution in [3.05, 3.63) is 15.6 Å². The average Bonchev–Trinajstić information content (AvgIpc) is 2.72. The van der Waals surface area contributed by atoms with Crippen molar-refractivity contribution < 1.29 is 0 Å². The number of aryl methyl sites for hydroxylation is 2. The van der Waals surface area contributed by atoms with Crippen molar-refractivity contribution in [3.8, 4) is 0 Å². The molecule has 4 heteroatoms. The van der Waals surface area contributed by atoms with Gasteiger partial charge in [0.15, 0.2) is 0 Å². The molecule has 1 fully saturated rings. The first-order chi connectivity index (χ1) is 8.05. The van der Waals surface area contributed by atoms with Gasteiger partial charge in [0.1, 0.15) is 5.01 Å². The minimum atomic E-state index is 0.0744. The summed E-state index contributed by atoms with van der Waals surface area (Å²) in [6.45, 7) is 13.4. The van der Waals surface area contributed by atoms with Gasteiger partial charge in [0.2, 0.25) is 0 Å². The molecule has 0 bridgehead atoms. The zero-order chi connectivity index (χ0) is 12.5. The summed E-state index contributed by atoms with van der Waals surface area (Å²) in [7, 11) is 0. The van der Waals surface area contributed by atoms with Crippen LogP contribution >= 0.6 is 11.3 Å². The number of nitrogens with zero attached hydrogens (tertiary/aromatic N) is 2. The molecule has 1 aromatic heterocycles. The number of rotatable bonds is 3. The third kappa shape index (κ3) is 2.54. The lowest BCUT2D eigenvalue weighted by molar-refractivity contribution is 0.102. The number of thiazole rings is 1. The van der Waals surface area contributed by atoms with Crippen LogP contribution in [0, 0.1) is 6.92 Å². The number of hydrogen-bond acceptors (Lipinski definition) is 4. The second-order valence-corrected chi connectivity index (χ2v) is 6.37. The van der Waals surface area contributed by atoms with Gasteiger partial charge in [0.05, 0.1) is 11.2 Å². The average molecular weight is 253 g/mol. The third-order valence-corrected chi connectivity index (χ3v) is 4.98. The molecule has 0 aliphatic carbocycles. The topological polar surface area (TPSA) is 28.2 Å². The summed E-state index contributed by atoms with van der Waals surface area (Å²) >= 11 is 1.87. The van der Waals surface area contributed by atoms with Gasteiger partial charge in [-0.05, 0) is 27.2 Å². The van der Waals surface area contributed by atoms with E-state index in [2.05, 4.69) is 37.9 Å². The molecule has 0 unspecified atom stereocenters. The largest absolute Gasteiger partial charge is 0.314 e. The Kier molecular flexibility index (Phi) is 3.85. The Labute approximate surface area is 108 Å². The third-order valence-electron chi connectivity index (χ3n) is 3.66. The molecule has 1 saturated heterocycles. The van der Waals surface area contributed by atoms with E-state index in [9.17, 15) is 0 Å². The maximum absolute atomic E-state index is 4.83. The molecular weight excluding hydrogens is 230 g/mol. The van der Waals surface area contributed by atoms with Gasteiger partial charge in [0.25, 0.3) is 0 Å². The van der Waals surface area contributed by atoms with Crippen molar-refractivity contribution in [3.63, 3.8) is 0 Å². The van der Waals surface area contributed by atoms with E-state index < -0.39 is 0 Å². The fourth-order valence-electron chi connectivity index (χ4n) is 2.38. The van der Waals surface area contributed by atoms with E-state index in [1.54, 1.807) is 0 Å². The van der Waals surface area contributed by atoms with Gasteiger partial charge >= 0.3 is 0 Å². The van der Waals surface area contributed by atoms with Crippen LogP contribution in [0.2, 0.25) is 0 Å². The van der Waals surface area contributed by atoms with Crippen molar-refractivity contribution >= 4 is 11.3 Å². The summed E-state index contributed by atoms with van der Waals surface area (Å²) in [6, 6.07) is 0. The Morgan fingerprint density at radius 2 is 2.00 bits per heavy atom. The lowest BCUT2D eigenvalue weighted by Gasteiger charge is -2.39. The maximum atomic E-state index is 4.83. The monoisotopic (exact) mass is 253 g/mol.